The van der Waals surface area contributed by atoms with E-state index >= 15 is 0 Å². The number of nitrogen functional groups attached to an aromatic ring is 1. The highest BCUT2D eigenvalue weighted by molar-refractivity contribution is 5.82. The summed E-state index contributed by atoms with van der Waals surface area (Å²) in [4.78, 5) is 25.6. The van der Waals surface area contributed by atoms with Gasteiger partial charge in [-0.1, -0.05) is 30.2 Å². The Kier molecular flexibility index (Phi) is 7.54. The zero-order chi connectivity index (χ0) is 28.9. The van der Waals surface area contributed by atoms with Gasteiger partial charge in [-0.05, 0) is 42.3 Å². The molecule has 0 saturated carbocycles. The van der Waals surface area contributed by atoms with Gasteiger partial charge in [0.1, 0.15) is 18.2 Å². The molecule has 0 radical (unpaired) electrons. The Morgan fingerprint density at radius 2 is 1.79 bits per heavy atom. The molecule has 1 amide bonds. The Bertz CT molecular complexity index is 1660. The van der Waals surface area contributed by atoms with Crippen LogP contribution in [-0.2, 0) is 4.79 Å². The van der Waals surface area contributed by atoms with E-state index in [1.165, 1.54) is 0 Å². The number of rotatable bonds is 5. The van der Waals surface area contributed by atoms with E-state index in [9.17, 15) is 9.90 Å². The van der Waals surface area contributed by atoms with Crippen molar-refractivity contribution < 1.29 is 19.4 Å². The third-order valence-corrected chi connectivity index (χ3v) is 6.92. The highest BCUT2D eigenvalue weighted by Gasteiger charge is 2.27. The van der Waals surface area contributed by atoms with Crippen molar-refractivity contribution >= 4 is 23.2 Å². The number of hydrogen-bond donors (Lipinski definition) is 3. The number of phenols is 1. The summed E-state index contributed by atoms with van der Waals surface area (Å²) >= 11 is 0. The average Bonchev–Trinajstić information content (AvgIpc) is 3.03. The van der Waals surface area contributed by atoms with E-state index in [0.717, 1.165) is 11.5 Å². The molecule has 1 unspecified atom stereocenters. The molecule has 12 heteroatoms. The smallest absolute Gasteiger partial charge is 0.265 e. The van der Waals surface area contributed by atoms with E-state index < -0.39 is 6.10 Å². The number of benzene rings is 2. The fourth-order valence-electron chi connectivity index (χ4n) is 4.75. The van der Waals surface area contributed by atoms with Gasteiger partial charge in [0.2, 0.25) is 11.9 Å². The van der Waals surface area contributed by atoms with Gasteiger partial charge in [-0.15, -0.1) is 10.2 Å². The van der Waals surface area contributed by atoms with Crippen LogP contribution in [0.25, 0.3) is 11.3 Å². The van der Waals surface area contributed by atoms with Crippen molar-refractivity contribution in [1.29, 1.82) is 0 Å². The summed E-state index contributed by atoms with van der Waals surface area (Å²) in [5, 5.41) is 21.3. The summed E-state index contributed by atoms with van der Waals surface area (Å²) in [6.07, 6.45) is 0.932. The molecule has 6 rings (SSSR count). The number of carbonyl (C=O) groups excluding carboxylic acids is 1. The number of nitrogens with zero attached hydrogens (tertiary/aromatic N) is 6. The standard InChI is InChI=1S/C30H28N8O4/c31-29-22(18-21(35-36-29)20-6-1-2-7-23(20)39)37-14-16-38(17-15-37)28-11-13-32-27(34-28)10-5-12-33-30(40)26-19-41-24-8-3-4-9-25(24)42-26/h1-4,6-9,11,13,18,26,39H,12,14-17,19H2,(H2,31,36)(H,33,40). The molecule has 2 aromatic heterocycles. The van der Waals surface area contributed by atoms with Crippen LogP contribution < -0.4 is 30.3 Å². The number of ether oxygens (including phenoxy) is 2. The second-order valence-corrected chi connectivity index (χ2v) is 9.61. The minimum absolute atomic E-state index is 0.122. The number of aromatic hydroxyl groups is 1. The molecule has 2 aliphatic heterocycles. The lowest BCUT2D eigenvalue weighted by atomic mass is 10.1. The van der Waals surface area contributed by atoms with Crippen LogP contribution in [0.15, 0.2) is 66.9 Å². The first-order valence-electron chi connectivity index (χ1n) is 13.4. The Hall–Kier alpha value is -5.57. The highest BCUT2D eigenvalue weighted by atomic mass is 16.6. The topological polar surface area (TPSA) is 152 Å². The van der Waals surface area contributed by atoms with Crippen molar-refractivity contribution in [1.82, 2.24) is 25.5 Å². The maximum atomic E-state index is 12.5. The summed E-state index contributed by atoms with van der Waals surface area (Å²) in [5.41, 5.74) is 8.10. The third-order valence-electron chi connectivity index (χ3n) is 6.92. The molecule has 0 aliphatic carbocycles. The molecule has 4 heterocycles. The molecule has 42 heavy (non-hydrogen) atoms. The molecular weight excluding hydrogens is 536 g/mol. The van der Waals surface area contributed by atoms with Crippen molar-refractivity contribution in [2.45, 2.75) is 6.10 Å². The second kappa shape index (κ2) is 11.9. The number of nitrogens with one attached hydrogen (secondary N) is 1. The Balaban J connectivity index is 1.04. The van der Waals surface area contributed by atoms with Crippen LogP contribution in [0, 0.1) is 11.8 Å². The van der Waals surface area contributed by atoms with Crippen LogP contribution in [0.1, 0.15) is 5.82 Å². The molecule has 4 aromatic rings. The van der Waals surface area contributed by atoms with E-state index in [4.69, 9.17) is 15.2 Å². The largest absolute Gasteiger partial charge is 0.507 e. The van der Waals surface area contributed by atoms with Crippen LogP contribution in [0.5, 0.6) is 17.2 Å². The van der Waals surface area contributed by atoms with E-state index in [0.29, 0.717) is 60.6 Å². The van der Waals surface area contributed by atoms with Crippen molar-refractivity contribution in [3.05, 3.63) is 72.7 Å². The third kappa shape index (κ3) is 5.80. The Labute approximate surface area is 242 Å². The normalized spacial score (nSPS) is 15.9. The second-order valence-electron chi connectivity index (χ2n) is 9.61. The average molecular weight is 565 g/mol. The fourth-order valence-corrected chi connectivity index (χ4v) is 4.75. The number of amides is 1. The molecule has 2 aliphatic rings. The van der Waals surface area contributed by atoms with Crippen LogP contribution in [0.4, 0.5) is 17.3 Å². The van der Waals surface area contributed by atoms with Crippen molar-refractivity contribution in [2.24, 2.45) is 0 Å². The van der Waals surface area contributed by atoms with Gasteiger partial charge in [0.15, 0.2) is 17.3 Å². The van der Waals surface area contributed by atoms with E-state index in [1.54, 1.807) is 36.5 Å². The molecular formula is C30H28N8O4. The summed E-state index contributed by atoms with van der Waals surface area (Å²) < 4.78 is 11.3. The zero-order valence-electron chi connectivity index (χ0n) is 22.6. The van der Waals surface area contributed by atoms with Gasteiger partial charge in [-0.25, -0.2) is 9.97 Å². The number of carbonyl (C=O) groups is 1. The maximum absolute atomic E-state index is 12.5. The quantitative estimate of drug-likeness (QED) is 0.305. The first-order chi connectivity index (χ1) is 20.5. The first kappa shape index (κ1) is 26.6. The lowest BCUT2D eigenvalue weighted by Gasteiger charge is -2.36. The van der Waals surface area contributed by atoms with Gasteiger partial charge < -0.3 is 35.4 Å². The predicted octanol–water partition coefficient (Wildman–Crippen LogP) is 1.86. The van der Waals surface area contributed by atoms with Crippen LogP contribution >= 0.6 is 0 Å². The number of para-hydroxylation sites is 3. The number of fused-ring (bicyclic) bond motifs is 1. The molecule has 1 atom stereocenters. The summed E-state index contributed by atoms with van der Waals surface area (Å²) in [6, 6.07) is 17.9. The van der Waals surface area contributed by atoms with Gasteiger partial charge in [0.25, 0.3) is 5.91 Å². The first-order valence-corrected chi connectivity index (χ1v) is 13.4. The van der Waals surface area contributed by atoms with Crippen molar-refractivity contribution in [3.8, 4) is 40.3 Å². The number of phenolic OH excluding ortho intramolecular Hbond substituents is 1. The van der Waals surface area contributed by atoms with E-state index in [1.807, 2.05) is 30.3 Å². The van der Waals surface area contributed by atoms with Crippen LogP contribution in [0.2, 0.25) is 0 Å². The lowest BCUT2D eigenvalue weighted by Crippen LogP contribution is -2.47. The SMILES string of the molecule is Nc1nnc(-c2ccccc2O)cc1N1CCN(c2ccnc(C#CCNC(=O)C3COc4ccccc4O3)n2)CC1. The number of anilines is 3. The summed E-state index contributed by atoms with van der Waals surface area (Å²) in [5.74, 6) is 8.28. The molecule has 0 bridgehead atoms. The fraction of sp³-hybridized carbons (Fsp3) is 0.233. The summed E-state index contributed by atoms with van der Waals surface area (Å²) in [7, 11) is 0. The van der Waals surface area contributed by atoms with Crippen LogP contribution in [0.3, 0.4) is 0 Å². The van der Waals surface area contributed by atoms with Crippen molar-refractivity contribution in [2.75, 3.05) is 54.9 Å². The lowest BCUT2D eigenvalue weighted by molar-refractivity contribution is -0.130. The van der Waals surface area contributed by atoms with Crippen LogP contribution in [-0.4, -0.2) is 76.6 Å². The number of hydrogen-bond acceptors (Lipinski definition) is 11. The highest BCUT2D eigenvalue weighted by Crippen LogP contribution is 2.32. The van der Waals surface area contributed by atoms with Gasteiger partial charge in [0.05, 0.1) is 17.9 Å². The molecule has 12 nitrogen and oxygen atoms in total. The monoisotopic (exact) mass is 564 g/mol. The molecule has 1 fully saturated rings. The van der Waals surface area contributed by atoms with Gasteiger partial charge >= 0.3 is 0 Å². The van der Waals surface area contributed by atoms with Gasteiger partial charge in [0, 0.05) is 37.9 Å². The maximum Gasteiger partial charge on any atom is 0.265 e. The molecule has 1 saturated heterocycles. The van der Waals surface area contributed by atoms with E-state index in [2.05, 4.69) is 47.1 Å². The number of aromatic nitrogens is 4. The molecule has 0 spiro atoms. The predicted molar refractivity (Wildman–Crippen MR) is 156 cm³/mol. The minimum atomic E-state index is -0.740. The van der Waals surface area contributed by atoms with Crippen molar-refractivity contribution in [3.63, 3.8) is 0 Å². The summed E-state index contributed by atoms with van der Waals surface area (Å²) in [6.45, 7) is 3.02. The Morgan fingerprint density at radius 1 is 1.02 bits per heavy atom. The van der Waals surface area contributed by atoms with E-state index in [-0.39, 0.29) is 24.8 Å². The number of nitrogens with two attached hydrogens (primary N) is 1. The number of piperazine rings is 1. The minimum Gasteiger partial charge on any atom is -0.507 e. The molecule has 4 N–H and O–H groups in total. The molecule has 212 valence electrons. The molecule has 2 aromatic carbocycles. The van der Waals surface area contributed by atoms with Gasteiger partial charge in [-0.3, -0.25) is 4.79 Å². The van der Waals surface area contributed by atoms with Gasteiger partial charge in [-0.2, -0.15) is 0 Å². The zero-order valence-corrected chi connectivity index (χ0v) is 22.6. The Morgan fingerprint density at radius 3 is 2.62 bits per heavy atom.